The van der Waals surface area contributed by atoms with Gasteiger partial charge in [-0.3, -0.25) is 0 Å². The minimum atomic E-state index is -0.712. The molecule has 1 unspecified atom stereocenters. The lowest BCUT2D eigenvalue weighted by Gasteiger charge is -2.15. The fraction of sp³-hybridized carbons (Fsp3) is 0.875. The molecule has 1 aromatic heterocycles. The number of aromatic nitrogens is 4. The lowest BCUT2D eigenvalue weighted by Crippen LogP contribution is -2.25. The Hall–Kier alpha value is -1.01. The van der Waals surface area contributed by atoms with Crippen LogP contribution in [0.1, 0.15) is 39.1 Å². The van der Waals surface area contributed by atoms with Gasteiger partial charge in [0.15, 0.2) is 0 Å². The Morgan fingerprint density at radius 3 is 2.57 bits per heavy atom. The van der Waals surface area contributed by atoms with Gasteiger partial charge in [-0.2, -0.15) is 4.80 Å². The summed E-state index contributed by atoms with van der Waals surface area (Å²) in [5.74, 6) is 0.338. The molecule has 0 aromatic carbocycles. The molecule has 0 radical (unpaired) electrons. The fourth-order valence-corrected chi connectivity index (χ4v) is 0.930. The third-order valence-corrected chi connectivity index (χ3v) is 1.77. The van der Waals surface area contributed by atoms with Gasteiger partial charge in [0.25, 0.3) is 0 Å². The van der Waals surface area contributed by atoms with Crippen LogP contribution in [0.4, 0.5) is 0 Å². The van der Waals surface area contributed by atoms with Gasteiger partial charge in [0.2, 0.25) is 5.82 Å². The summed E-state index contributed by atoms with van der Waals surface area (Å²) in [6.45, 7) is 6.31. The molecular formula is C8H17N5O. The van der Waals surface area contributed by atoms with Crippen LogP contribution in [-0.4, -0.2) is 31.9 Å². The summed E-state index contributed by atoms with van der Waals surface area (Å²) in [6, 6.07) is 0. The predicted octanol–water partition coefficient (Wildman–Crippen LogP) is -0.190. The number of aliphatic hydroxyl groups is 1. The molecule has 0 aliphatic heterocycles. The molecule has 1 aromatic rings. The summed E-state index contributed by atoms with van der Waals surface area (Å²) in [5.41, 5.74) is 5.10. The van der Waals surface area contributed by atoms with Gasteiger partial charge in [0, 0.05) is 0 Å². The zero-order chi connectivity index (χ0) is 10.8. The van der Waals surface area contributed by atoms with E-state index in [1.165, 1.54) is 4.80 Å². The van der Waals surface area contributed by atoms with Crippen molar-refractivity contribution in [2.24, 2.45) is 5.73 Å². The smallest absolute Gasteiger partial charge is 0.203 e. The van der Waals surface area contributed by atoms with Gasteiger partial charge in [0.1, 0.15) is 6.10 Å². The molecule has 3 N–H and O–H groups in total. The molecule has 6 nitrogen and oxygen atoms in total. The van der Waals surface area contributed by atoms with Gasteiger partial charge in [-0.05, 0) is 39.0 Å². The first-order valence-electron chi connectivity index (χ1n) is 4.63. The van der Waals surface area contributed by atoms with Crippen LogP contribution in [0, 0.1) is 0 Å². The van der Waals surface area contributed by atoms with Crippen LogP contribution >= 0.6 is 0 Å². The minimum absolute atomic E-state index is 0.215. The highest BCUT2D eigenvalue weighted by Crippen LogP contribution is 2.13. The SMILES string of the molecule is CC(C)(C)n1nnc(C(O)CCN)n1. The third kappa shape index (κ3) is 2.49. The third-order valence-electron chi connectivity index (χ3n) is 1.77. The molecule has 0 saturated carbocycles. The van der Waals surface area contributed by atoms with E-state index in [1.807, 2.05) is 20.8 Å². The van der Waals surface area contributed by atoms with Crippen molar-refractivity contribution in [3.63, 3.8) is 0 Å². The highest BCUT2D eigenvalue weighted by Gasteiger charge is 2.19. The zero-order valence-corrected chi connectivity index (χ0v) is 8.80. The average Bonchev–Trinajstić information content (AvgIpc) is 2.51. The molecule has 0 amide bonds. The maximum Gasteiger partial charge on any atom is 0.203 e. The zero-order valence-electron chi connectivity index (χ0n) is 8.80. The van der Waals surface area contributed by atoms with Crippen molar-refractivity contribution < 1.29 is 5.11 Å². The summed E-state index contributed by atoms with van der Waals surface area (Å²) in [6.07, 6.45) is -0.258. The lowest BCUT2D eigenvalue weighted by atomic mass is 10.1. The van der Waals surface area contributed by atoms with E-state index in [9.17, 15) is 5.11 Å². The summed E-state index contributed by atoms with van der Waals surface area (Å²) < 4.78 is 0. The Morgan fingerprint density at radius 1 is 1.50 bits per heavy atom. The van der Waals surface area contributed by atoms with Gasteiger partial charge < -0.3 is 10.8 Å². The van der Waals surface area contributed by atoms with E-state index in [0.717, 1.165) is 0 Å². The van der Waals surface area contributed by atoms with E-state index >= 15 is 0 Å². The van der Waals surface area contributed by atoms with E-state index < -0.39 is 6.10 Å². The first-order valence-corrected chi connectivity index (χ1v) is 4.63. The van der Waals surface area contributed by atoms with Crippen LogP contribution in [0.2, 0.25) is 0 Å². The molecule has 1 rings (SSSR count). The second-order valence-corrected chi connectivity index (χ2v) is 4.20. The van der Waals surface area contributed by atoms with Crippen molar-refractivity contribution in [1.29, 1.82) is 0 Å². The number of aliphatic hydroxyl groups excluding tert-OH is 1. The molecule has 14 heavy (non-hydrogen) atoms. The van der Waals surface area contributed by atoms with Crippen molar-refractivity contribution in [3.8, 4) is 0 Å². The molecule has 0 aliphatic carbocycles. The summed E-state index contributed by atoms with van der Waals surface area (Å²) in [4.78, 5) is 1.49. The van der Waals surface area contributed by atoms with Gasteiger partial charge >= 0.3 is 0 Å². The minimum Gasteiger partial charge on any atom is -0.385 e. The van der Waals surface area contributed by atoms with E-state index in [4.69, 9.17) is 5.73 Å². The van der Waals surface area contributed by atoms with E-state index in [-0.39, 0.29) is 5.54 Å². The Morgan fingerprint density at radius 2 is 2.14 bits per heavy atom. The van der Waals surface area contributed by atoms with E-state index in [0.29, 0.717) is 18.8 Å². The molecule has 0 fully saturated rings. The van der Waals surface area contributed by atoms with Crippen molar-refractivity contribution in [3.05, 3.63) is 5.82 Å². The van der Waals surface area contributed by atoms with Crippen molar-refractivity contribution in [1.82, 2.24) is 20.2 Å². The van der Waals surface area contributed by atoms with E-state index in [1.54, 1.807) is 0 Å². The van der Waals surface area contributed by atoms with Gasteiger partial charge in [-0.15, -0.1) is 10.2 Å². The fourth-order valence-electron chi connectivity index (χ4n) is 0.930. The summed E-state index contributed by atoms with van der Waals surface area (Å²) in [5, 5.41) is 21.3. The number of hydrogen-bond donors (Lipinski definition) is 2. The number of nitrogens with two attached hydrogens (primary N) is 1. The Balaban J connectivity index is 2.78. The first-order chi connectivity index (χ1) is 6.45. The van der Waals surface area contributed by atoms with Crippen LogP contribution < -0.4 is 5.73 Å². The summed E-state index contributed by atoms with van der Waals surface area (Å²) in [7, 11) is 0. The highest BCUT2D eigenvalue weighted by molar-refractivity contribution is 4.85. The maximum atomic E-state index is 9.54. The Labute approximate surface area is 83.1 Å². The van der Waals surface area contributed by atoms with Gasteiger partial charge in [0.05, 0.1) is 5.54 Å². The Kier molecular flexibility index (Phi) is 3.17. The second-order valence-electron chi connectivity index (χ2n) is 4.20. The normalized spacial score (nSPS) is 14.4. The summed E-state index contributed by atoms with van der Waals surface area (Å²) >= 11 is 0. The van der Waals surface area contributed by atoms with Crippen LogP contribution in [0.5, 0.6) is 0 Å². The van der Waals surface area contributed by atoms with Crippen LogP contribution in [-0.2, 0) is 5.54 Å². The van der Waals surface area contributed by atoms with Crippen LogP contribution in [0.25, 0.3) is 0 Å². The van der Waals surface area contributed by atoms with Crippen LogP contribution in [0.15, 0.2) is 0 Å². The number of hydrogen-bond acceptors (Lipinski definition) is 5. The molecule has 0 spiro atoms. The van der Waals surface area contributed by atoms with Crippen LogP contribution in [0.3, 0.4) is 0 Å². The molecule has 0 bridgehead atoms. The second kappa shape index (κ2) is 4.02. The average molecular weight is 199 g/mol. The largest absolute Gasteiger partial charge is 0.385 e. The maximum absolute atomic E-state index is 9.54. The number of rotatable bonds is 3. The number of tetrazole rings is 1. The van der Waals surface area contributed by atoms with E-state index in [2.05, 4.69) is 15.4 Å². The molecule has 1 heterocycles. The molecule has 1 atom stereocenters. The lowest BCUT2D eigenvalue weighted by molar-refractivity contribution is 0.159. The first kappa shape index (κ1) is 11.1. The predicted molar refractivity (Wildman–Crippen MR) is 51.4 cm³/mol. The number of nitrogens with zero attached hydrogens (tertiary/aromatic N) is 4. The molecule has 0 aliphatic rings. The van der Waals surface area contributed by atoms with Crippen molar-refractivity contribution in [2.75, 3.05) is 6.54 Å². The van der Waals surface area contributed by atoms with Gasteiger partial charge in [-0.25, -0.2) is 0 Å². The Bertz CT molecular complexity index is 290. The topological polar surface area (TPSA) is 89.8 Å². The highest BCUT2D eigenvalue weighted by atomic mass is 16.3. The quantitative estimate of drug-likeness (QED) is 0.704. The monoisotopic (exact) mass is 199 g/mol. The standard InChI is InChI=1S/C8H17N5O/c1-8(2,3)13-11-7(10-12-13)6(14)4-5-9/h6,14H,4-5,9H2,1-3H3. The van der Waals surface area contributed by atoms with Crippen molar-refractivity contribution >= 4 is 0 Å². The van der Waals surface area contributed by atoms with Gasteiger partial charge in [-0.1, -0.05) is 0 Å². The molecule has 6 heteroatoms. The molecule has 0 saturated heterocycles. The molecule has 80 valence electrons. The molecular weight excluding hydrogens is 182 g/mol. The van der Waals surface area contributed by atoms with Crippen molar-refractivity contribution in [2.45, 2.75) is 38.8 Å².